The predicted molar refractivity (Wildman–Crippen MR) is 114 cm³/mol. The molecule has 1 aromatic rings. The molecule has 0 bridgehead atoms. The fourth-order valence-corrected chi connectivity index (χ4v) is 5.02. The first-order valence-corrected chi connectivity index (χ1v) is 11.5. The maximum absolute atomic E-state index is 13.5. The van der Waals surface area contributed by atoms with E-state index in [9.17, 15) is 4.79 Å². The Labute approximate surface area is 175 Å². The van der Waals surface area contributed by atoms with Crippen molar-refractivity contribution in [2.45, 2.75) is 51.2 Å². The molecular formula is C24H36N2O3. The molecule has 29 heavy (non-hydrogen) atoms. The first-order valence-electron chi connectivity index (χ1n) is 11.5. The second-order valence-electron chi connectivity index (χ2n) is 9.06. The zero-order chi connectivity index (χ0) is 19.9. The monoisotopic (exact) mass is 400 g/mol. The van der Waals surface area contributed by atoms with E-state index >= 15 is 0 Å². The van der Waals surface area contributed by atoms with Crippen molar-refractivity contribution in [3.8, 4) is 0 Å². The maximum Gasteiger partial charge on any atom is 0.253 e. The van der Waals surface area contributed by atoms with E-state index in [2.05, 4.69) is 34.1 Å². The summed E-state index contributed by atoms with van der Waals surface area (Å²) < 4.78 is 11.6. The highest BCUT2D eigenvalue weighted by atomic mass is 16.5. The van der Waals surface area contributed by atoms with Crippen LogP contribution in [0.25, 0.3) is 0 Å². The van der Waals surface area contributed by atoms with Crippen molar-refractivity contribution in [2.75, 3.05) is 46.0 Å². The fourth-order valence-electron chi connectivity index (χ4n) is 5.02. The summed E-state index contributed by atoms with van der Waals surface area (Å²) in [6.07, 6.45) is 7.22. The topological polar surface area (TPSA) is 42.0 Å². The quantitative estimate of drug-likeness (QED) is 0.704. The van der Waals surface area contributed by atoms with Gasteiger partial charge in [-0.05, 0) is 30.7 Å². The summed E-state index contributed by atoms with van der Waals surface area (Å²) in [5.41, 5.74) is 1.29. The lowest BCUT2D eigenvalue weighted by atomic mass is 9.88. The minimum Gasteiger partial charge on any atom is -0.381 e. The largest absolute Gasteiger partial charge is 0.381 e. The number of rotatable bonds is 7. The van der Waals surface area contributed by atoms with E-state index in [0.29, 0.717) is 25.0 Å². The summed E-state index contributed by atoms with van der Waals surface area (Å²) in [5, 5.41) is 0. The van der Waals surface area contributed by atoms with Gasteiger partial charge in [-0.25, -0.2) is 0 Å². The predicted octanol–water partition coefficient (Wildman–Crippen LogP) is 3.33. The molecule has 5 heteroatoms. The van der Waals surface area contributed by atoms with Crippen molar-refractivity contribution < 1.29 is 14.3 Å². The summed E-state index contributed by atoms with van der Waals surface area (Å²) in [6.45, 7) is 6.44. The van der Waals surface area contributed by atoms with Crippen LogP contribution in [0.15, 0.2) is 30.3 Å². The lowest BCUT2D eigenvalue weighted by Crippen LogP contribution is -2.52. The molecule has 160 valence electrons. The number of nitrogens with zero attached hydrogens (tertiary/aromatic N) is 2. The molecule has 1 saturated carbocycles. The number of hydrogen-bond acceptors (Lipinski definition) is 4. The number of carbonyl (C=O) groups is 1. The van der Waals surface area contributed by atoms with E-state index in [1.54, 1.807) is 0 Å². The molecule has 0 N–H and O–H groups in total. The lowest BCUT2D eigenvalue weighted by molar-refractivity contribution is -0.151. The summed E-state index contributed by atoms with van der Waals surface area (Å²) in [7, 11) is 0. The summed E-state index contributed by atoms with van der Waals surface area (Å²) in [6, 6.07) is 10.5. The molecule has 3 fully saturated rings. The molecule has 2 heterocycles. The Hall–Kier alpha value is -1.43. The van der Waals surface area contributed by atoms with Crippen LogP contribution < -0.4 is 0 Å². The third kappa shape index (κ3) is 6.03. The first-order chi connectivity index (χ1) is 14.3. The third-order valence-electron chi connectivity index (χ3n) is 6.69. The average molecular weight is 401 g/mol. The van der Waals surface area contributed by atoms with Crippen molar-refractivity contribution in [3.05, 3.63) is 35.9 Å². The van der Waals surface area contributed by atoms with Crippen LogP contribution >= 0.6 is 0 Å². The lowest BCUT2D eigenvalue weighted by Gasteiger charge is -2.37. The smallest absolute Gasteiger partial charge is 0.253 e. The van der Waals surface area contributed by atoms with E-state index in [4.69, 9.17) is 9.47 Å². The maximum atomic E-state index is 13.5. The molecule has 2 unspecified atom stereocenters. The number of morpholine rings is 1. The minimum absolute atomic E-state index is 0.195. The first kappa shape index (κ1) is 20.8. The van der Waals surface area contributed by atoms with E-state index in [0.717, 1.165) is 45.8 Å². The van der Waals surface area contributed by atoms with Gasteiger partial charge in [0, 0.05) is 45.2 Å². The van der Waals surface area contributed by atoms with E-state index in [1.165, 1.54) is 37.7 Å². The summed E-state index contributed by atoms with van der Waals surface area (Å²) in [5.74, 6) is 1.32. The molecule has 1 aromatic carbocycles. The van der Waals surface area contributed by atoms with E-state index in [-0.39, 0.29) is 12.0 Å². The molecule has 5 nitrogen and oxygen atoms in total. The zero-order valence-corrected chi connectivity index (χ0v) is 17.6. The number of ether oxygens (including phenoxy) is 2. The highest BCUT2D eigenvalue weighted by molar-refractivity contribution is 5.81. The van der Waals surface area contributed by atoms with Crippen LogP contribution in [0.1, 0.15) is 44.1 Å². The highest BCUT2D eigenvalue weighted by Gasteiger charge is 2.33. The van der Waals surface area contributed by atoms with Crippen molar-refractivity contribution >= 4 is 5.91 Å². The van der Waals surface area contributed by atoms with Gasteiger partial charge in [-0.1, -0.05) is 49.6 Å². The van der Waals surface area contributed by atoms with Crippen LogP contribution in [0.3, 0.4) is 0 Å². The summed E-state index contributed by atoms with van der Waals surface area (Å²) >= 11 is 0. The normalized spacial score (nSPS) is 26.5. The molecule has 2 saturated heterocycles. The molecule has 0 spiro atoms. The van der Waals surface area contributed by atoms with Gasteiger partial charge in [-0.15, -0.1) is 0 Å². The van der Waals surface area contributed by atoms with Crippen LogP contribution in [0.4, 0.5) is 0 Å². The molecule has 2 atom stereocenters. The van der Waals surface area contributed by atoms with Crippen LogP contribution in [0, 0.1) is 11.8 Å². The van der Waals surface area contributed by atoms with Crippen LogP contribution in [0.5, 0.6) is 0 Å². The van der Waals surface area contributed by atoms with Gasteiger partial charge < -0.3 is 14.4 Å². The van der Waals surface area contributed by atoms with Crippen molar-refractivity contribution in [1.29, 1.82) is 0 Å². The molecular weight excluding hydrogens is 364 g/mol. The zero-order valence-electron chi connectivity index (χ0n) is 17.6. The van der Waals surface area contributed by atoms with Gasteiger partial charge in [0.05, 0.1) is 13.2 Å². The number of hydrogen-bond donors (Lipinski definition) is 0. The van der Waals surface area contributed by atoms with Gasteiger partial charge in [0.2, 0.25) is 0 Å². The van der Waals surface area contributed by atoms with Gasteiger partial charge in [0.25, 0.3) is 5.91 Å². The number of benzene rings is 1. The van der Waals surface area contributed by atoms with Crippen LogP contribution in [0.2, 0.25) is 0 Å². The average Bonchev–Trinajstić information content (AvgIpc) is 3.28. The van der Waals surface area contributed by atoms with Gasteiger partial charge in [0.15, 0.2) is 0 Å². The highest BCUT2D eigenvalue weighted by Crippen LogP contribution is 2.26. The Morgan fingerprint density at radius 2 is 1.79 bits per heavy atom. The third-order valence-corrected chi connectivity index (χ3v) is 6.69. The van der Waals surface area contributed by atoms with Gasteiger partial charge >= 0.3 is 0 Å². The molecule has 0 aromatic heterocycles. The van der Waals surface area contributed by atoms with Gasteiger partial charge in [0.1, 0.15) is 6.10 Å². The van der Waals surface area contributed by atoms with Crippen molar-refractivity contribution in [2.24, 2.45) is 11.8 Å². The second kappa shape index (κ2) is 10.6. The SMILES string of the molecule is O=C(C1CN(Cc2ccccc2)CCO1)N(CC1CCCCC1)CC1CCOC1. The van der Waals surface area contributed by atoms with E-state index in [1.807, 2.05) is 6.07 Å². The van der Waals surface area contributed by atoms with Gasteiger partial charge in [-0.2, -0.15) is 0 Å². The Kier molecular flexibility index (Phi) is 7.58. The Morgan fingerprint density at radius 3 is 2.55 bits per heavy atom. The Balaban J connectivity index is 1.38. The molecule has 2 aliphatic heterocycles. The molecule has 3 aliphatic rings. The second-order valence-corrected chi connectivity index (χ2v) is 9.06. The van der Waals surface area contributed by atoms with Crippen molar-refractivity contribution in [3.63, 3.8) is 0 Å². The van der Waals surface area contributed by atoms with Gasteiger partial charge in [-0.3, -0.25) is 9.69 Å². The number of amides is 1. The number of carbonyl (C=O) groups excluding carboxylic acids is 1. The van der Waals surface area contributed by atoms with Crippen LogP contribution in [-0.4, -0.2) is 67.8 Å². The molecule has 0 radical (unpaired) electrons. The molecule has 1 aliphatic carbocycles. The molecule has 1 amide bonds. The summed E-state index contributed by atoms with van der Waals surface area (Å²) in [4.78, 5) is 18.0. The fraction of sp³-hybridized carbons (Fsp3) is 0.708. The Morgan fingerprint density at radius 1 is 1.00 bits per heavy atom. The molecule has 4 rings (SSSR count). The van der Waals surface area contributed by atoms with Crippen LogP contribution in [-0.2, 0) is 20.8 Å². The van der Waals surface area contributed by atoms with Crippen molar-refractivity contribution in [1.82, 2.24) is 9.80 Å². The minimum atomic E-state index is -0.335. The van der Waals surface area contributed by atoms with E-state index < -0.39 is 0 Å². The standard InChI is InChI=1S/C24H36N2O3/c27-24(23-18-25(12-14-29-23)15-20-7-3-1-4-8-20)26(17-22-11-13-28-19-22)16-21-9-5-2-6-10-21/h1,3-4,7-8,21-23H,2,5-6,9-19H2. The Bertz CT molecular complexity index is 626.